The van der Waals surface area contributed by atoms with Gasteiger partial charge in [-0.15, -0.1) is 0 Å². The summed E-state index contributed by atoms with van der Waals surface area (Å²) in [5, 5.41) is 3.97. The molecular weight excluding hydrogens is 336 g/mol. The fourth-order valence-electron chi connectivity index (χ4n) is 2.43. The summed E-state index contributed by atoms with van der Waals surface area (Å²) in [5.74, 6) is 2.04. The summed E-state index contributed by atoms with van der Waals surface area (Å²) in [6.07, 6.45) is 0.772. The Balaban J connectivity index is 1.60. The molecule has 0 aromatic heterocycles. The van der Waals surface area contributed by atoms with Crippen molar-refractivity contribution in [1.29, 1.82) is 0 Å². The van der Waals surface area contributed by atoms with Crippen LogP contribution in [-0.4, -0.2) is 38.5 Å². The fourth-order valence-corrected chi connectivity index (χ4v) is 2.43. The van der Waals surface area contributed by atoms with Gasteiger partial charge in [0.1, 0.15) is 6.61 Å². The highest BCUT2D eigenvalue weighted by Gasteiger charge is 2.26. The van der Waals surface area contributed by atoms with Crippen molar-refractivity contribution in [3.05, 3.63) is 48.0 Å². The summed E-state index contributed by atoms with van der Waals surface area (Å²) in [6.45, 7) is 2.55. The van der Waals surface area contributed by atoms with Crippen LogP contribution in [0.25, 0.3) is 0 Å². The van der Waals surface area contributed by atoms with E-state index in [1.165, 1.54) is 6.21 Å². The lowest BCUT2D eigenvalue weighted by Gasteiger charge is -2.24. The largest absolute Gasteiger partial charge is 0.493 e. The SMILES string of the molecule is CCOc1cc(/C=N\NC(=O)[C@@H]2COc3ccccc3O2)ccc1OC. The molecule has 0 fully saturated rings. The van der Waals surface area contributed by atoms with Gasteiger partial charge in [-0.2, -0.15) is 5.10 Å². The Kier molecular flexibility index (Phi) is 5.58. The molecule has 2 aromatic carbocycles. The molecule has 1 N–H and O–H groups in total. The number of nitrogens with one attached hydrogen (secondary N) is 1. The first-order valence-electron chi connectivity index (χ1n) is 8.23. The molecule has 0 saturated heterocycles. The monoisotopic (exact) mass is 356 g/mol. The molecule has 0 saturated carbocycles. The van der Waals surface area contributed by atoms with Crippen molar-refractivity contribution in [3.8, 4) is 23.0 Å². The molecule has 1 aliphatic heterocycles. The molecule has 0 bridgehead atoms. The summed E-state index contributed by atoms with van der Waals surface area (Å²) < 4.78 is 21.9. The first-order valence-corrected chi connectivity index (χ1v) is 8.23. The van der Waals surface area contributed by atoms with E-state index in [4.69, 9.17) is 18.9 Å². The van der Waals surface area contributed by atoms with Crippen LogP contribution in [0.4, 0.5) is 0 Å². The third-order valence-electron chi connectivity index (χ3n) is 3.68. The number of hydrazone groups is 1. The van der Waals surface area contributed by atoms with Crippen LogP contribution in [-0.2, 0) is 4.79 Å². The van der Waals surface area contributed by atoms with Crippen LogP contribution < -0.4 is 24.4 Å². The maximum atomic E-state index is 12.2. The average Bonchev–Trinajstić information content (AvgIpc) is 2.68. The summed E-state index contributed by atoms with van der Waals surface area (Å²) in [6, 6.07) is 12.6. The van der Waals surface area contributed by atoms with Crippen molar-refractivity contribution in [3.63, 3.8) is 0 Å². The molecule has 2 aromatic rings. The minimum Gasteiger partial charge on any atom is -0.493 e. The lowest BCUT2D eigenvalue weighted by Crippen LogP contribution is -2.42. The van der Waals surface area contributed by atoms with Gasteiger partial charge in [0, 0.05) is 0 Å². The molecule has 7 nitrogen and oxygen atoms in total. The fraction of sp³-hybridized carbons (Fsp3) is 0.263. The van der Waals surface area contributed by atoms with Crippen LogP contribution in [0.3, 0.4) is 0 Å². The van der Waals surface area contributed by atoms with Crippen LogP contribution >= 0.6 is 0 Å². The van der Waals surface area contributed by atoms with Crippen LogP contribution in [0.5, 0.6) is 23.0 Å². The van der Waals surface area contributed by atoms with Crippen molar-refractivity contribution < 1.29 is 23.7 Å². The van der Waals surface area contributed by atoms with Gasteiger partial charge in [-0.25, -0.2) is 5.43 Å². The van der Waals surface area contributed by atoms with E-state index in [2.05, 4.69) is 10.5 Å². The normalized spacial score (nSPS) is 15.5. The lowest BCUT2D eigenvalue weighted by atomic mass is 10.2. The maximum absolute atomic E-state index is 12.2. The van der Waals surface area contributed by atoms with Crippen molar-refractivity contribution in [1.82, 2.24) is 5.43 Å². The van der Waals surface area contributed by atoms with E-state index < -0.39 is 6.10 Å². The van der Waals surface area contributed by atoms with Gasteiger partial charge >= 0.3 is 0 Å². The van der Waals surface area contributed by atoms with E-state index >= 15 is 0 Å². The molecule has 1 heterocycles. The molecule has 1 amide bonds. The lowest BCUT2D eigenvalue weighted by molar-refractivity contribution is -0.130. The number of amides is 1. The molecule has 7 heteroatoms. The number of carbonyl (C=O) groups excluding carboxylic acids is 1. The minimum absolute atomic E-state index is 0.134. The molecular formula is C19H20N2O5. The topological polar surface area (TPSA) is 78.4 Å². The Labute approximate surface area is 151 Å². The highest BCUT2D eigenvalue weighted by molar-refractivity contribution is 5.85. The summed E-state index contributed by atoms with van der Waals surface area (Å²) in [5.41, 5.74) is 3.23. The van der Waals surface area contributed by atoms with Gasteiger partial charge in [-0.3, -0.25) is 4.79 Å². The highest BCUT2D eigenvalue weighted by atomic mass is 16.6. The second-order valence-electron chi connectivity index (χ2n) is 5.44. The van der Waals surface area contributed by atoms with Gasteiger partial charge in [0.15, 0.2) is 23.0 Å². The molecule has 1 atom stereocenters. The third kappa shape index (κ3) is 4.05. The number of carbonyl (C=O) groups is 1. The number of para-hydroxylation sites is 2. The first-order chi connectivity index (χ1) is 12.7. The number of fused-ring (bicyclic) bond motifs is 1. The summed E-state index contributed by atoms with van der Waals surface area (Å²) in [4.78, 5) is 12.2. The van der Waals surface area contributed by atoms with Gasteiger partial charge in [0.25, 0.3) is 5.91 Å². The van der Waals surface area contributed by atoms with Gasteiger partial charge in [0.2, 0.25) is 6.10 Å². The van der Waals surface area contributed by atoms with Gasteiger partial charge in [-0.1, -0.05) is 12.1 Å². The first kappa shape index (κ1) is 17.6. The van der Waals surface area contributed by atoms with Crippen molar-refractivity contribution in [2.24, 2.45) is 5.10 Å². The smallest absolute Gasteiger partial charge is 0.284 e. The summed E-state index contributed by atoms with van der Waals surface area (Å²) >= 11 is 0. The molecule has 0 spiro atoms. The number of ether oxygens (including phenoxy) is 4. The number of hydrogen-bond donors (Lipinski definition) is 1. The van der Waals surface area contributed by atoms with Crippen LogP contribution in [0.15, 0.2) is 47.6 Å². The molecule has 0 unspecified atom stereocenters. The second kappa shape index (κ2) is 8.24. The standard InChI is InChI=1S/C19H20N2O5/c1-3-24-17-10-13(8-9-14(17)23-2)11-20-21-19(22)18-12-25-15-6-4-5-7-16(15)26-18/h4-11,18H,3,12H2,1-2H3,(H,21,22)/b20-11-/t18-/m0/s1. The van der Waals surface area contributed by atoms with Crippen LogP contribution in [0.1, 0.15) is 12.5 Å². The van der Waals surface area contributed by atoms with Crippen molar-refractivity contribution >= 4 is 12.1 Å². The molecule has 1 aliphatic rings. The Morgan fingerprint density at radius 1 is 1.27 bits per heavy atom. The zero-order chi connectivity index (χ0) is 18.4. The zero-order valence-corrected chi connectivity index (χ0v) is 14.6. The highest BCUT2D eigenvalue weighted by Crippen LogP contribution is 2.31. The average molecular weight is 356 g/mol. The predicted octanol–water partition coefficient (Wildman–Crippen LogP) is 2.38. The molecule has 0 aliphatic carbocycles. The number of hydrogen-bond acceptors (Lipinski definition) is 6. The molecule has 3 rings (SSSR count). The second-order valence-corrected chi connectivity index (χ2v) is 5.44. The van der Waals surface area contributed by atoms with Crippen LogP contribution in [0.2, 0.25) is 0 Å². The Bertz CT molecular complexity index is 806. The zero-order valence-electron chi connectivity index (χ0n) is 14.6. The third-order valence-corrected chi connectivity index (χ3v) is 3.68. The Morgan fingerprint density at radius 2 is 2.08 bits per heavy atom. The maximum Gasteiger partial charge on any atom is 0.284 e. The predicted molar refractivity (Wildman–Crippen MR) is 96.3 cm³/mol. The van der Waals surface area contributed by atoms with Crippen molar-refractivity contribution in [2.75, 3.05) is 20.3 Å². The number of nitrogens with zero attached hydrogens (tertiary/aromatic N) is 1. The van der Waals surface area contributed by atoms with E-state index in [0.29, 0.717) is 29.6 Å². The van der Waals surface area contributed by atoms with E-state index in [0.717, 1.165) is 5.56 Å². The molecule has 136 valence electrons. The van der Waals surface area contributed by atoms with E-state index in [-0.39, 0.29) is 12.5 Å². The Morgan fingerprint density at radius 3 is 2.85 bits per heavy atom. The van der Waals surface area contributed by atoms with E-state index in [1.807, 2.05) is 25.1 Å². The van der Waals surface area contributed by atoms with Gasteiger partial charge < -0.3 is 18.9 Å². The number of benzene rings is 2. The van der Waals surface area contributed by atoms with Crippen molar-refractivity contribution in [2.45, 2.75) is 13.0 Å². The van der Waals surface area contributed by atoms with E-state index in [9.17, 15) is 4.79 Å². The number of methoxy groups -OCH3 is 1. The molecule has 0 radical (unpaired) electrons. The minimum atomic E-state index is -0.753. The quantitative estimate of drug-likeness (QED) is 0.635. The van der Waals surface area contributed by atoms with Gasteiger partial charge in [0.05, 0.1) is 19.9 Å². The number of rotatable bonds is 6. The van der Waals surface area contributed by atoms with E-state index in [1.54, 1.807) is 31.4 Å². The molecule has 26 heavy (non-hydrogen) atoms. The van der Waals surface area contributed by atoms with Gasteiger partial charge in [-0.05, 0) is 42.8 Å². The Hall–Kier alpha value is -3.22. The van der Waals surface area contributed by atoms with Crippen LogP contribution in [0, 0.1) is 0 Å². The summed E-state index contributed by atoms with van der Waals surface area (Å²) in [7, 11) is 1.58.